The van der Waals surface area contributed by atoms with Crippen LogP contribution in [0.3, 0.4) is 0 Å². The number of phosphoric ester groups is 1. The van der Waals surface area contributed by atoms with Gasteiger partial charge in [-0.3, -0.25) is 9.42 Å². The maximum absolute atomic E-state index is 10.8. The summed E-state index contributed by atoms with van der Waals surface area (Å²) >= 11 is 0. The molecule has 2 atom stereocenters. The lowest BCUT2D eigenvalue weighted by atomic mass is 10.0. The standard InChI is InChI=1S/C17H38NO5P/c1-4-5-6-7-8-9-10-11-12-13-14-17(19)15-18(3)16(2)23-24(20,21)22/h16-17,19H,4-15H2,1-3H3,(H2,20,21,22). The zero-order valence-electron chi connectivity index (χ0n) is 15.7. The fraction of sp³-hybridized carbons (Fsp3) is 1.00. The van der Waals surface area contributed by atoms with Crippen molar-refractivity contribution in [2.24, 2.45) is 0 Å². The van der Waals surface area contributed by atoms with Gasteiger partial charge in [0, 0.05) is 6.54 Å². The summed E-state index contributed by atoms with van der Waals surface area (Å²) in [5.74, 6) is 0. The van der Waals surface area contributed by atoms with Crippen LogP contribution in [0.15, 0.2) is 0 Å². The maximum Gasteiger partial charge on any atom is 0.471 e. The van der Waals surface area contributed by atoms with Crippen molar-refractivity contribution >= 4 is 7.82 Å². The lowest BCUT2D eigenvalue weighted by Gasteiger charge is -2.26. The molecule has 3 N–H and O–H groups in total. The molecule has 0 aliphatic rings. The third-order valence-electron chi connectivity index (χ3n) is 4.30. The van der Waals surface area contributed by atoms with E-state index in [1.54, 1.807) is 18.9 Å². The second-order valence-corrected chi connectivity index (χ2v) is 7.95. The predicted octanol–water partition coefficient (Wildman–Crippen LogP) is 4.05. The fourth-order valence-corrected chi connectivity index (χ4v) is 3.28. The molecule has 0 heterocycles. The van der Waals surface area contributed by atoms with Gasteiger partial charge >= 0.3 is 7.82 Å². The molecule has 24 heavy (non-hydrogen) atoms. The first-order valence-electron chi connectivity index (χ1n) is 9.38. The topological polar surface area (TPSA) is 90.2 Å². The highest BCUT2D eigenvalue weighted by atomic mass is 31.2. The summed E-state index contributed by atoms with van der Waals surface area (Å²) in [6.45, 7) is 4.14. The Morgan fingerprint density at radius 1 is 0.958 bits per heavy atom. The Morgan fingerprint density at radius 3 is 1.88 bits per heavy atom. The normalized spacial score (nSPS) is 15.0. The van der Waals surface area contributed by atoms with Gasteiger partial charge in [-0.15, -0.1) is 0 Å². The van der Waals surface area contributed by atoms with Crippen LogP contribution in [-0.4, -0.2) is 45.7 Å². The highest BCUT2D eigenvalue weighted by molar-refractivity contribution is 7.46. The Labute approximate surface area is 147 Å². The van der Waals surface area contributed by atoms with Crippen molar-refractivity contribution in [3.63, 3.8) is 0 Å². The van der Waals surface area contributed by atoms with Gasteiger partial charge in [-0.05, 0) is 20.4 Å². The van der Waals surface area contributed by atoms with Gasteiger partial charge in [0.15, 0.2) is 0 Å². The van der Waals surface area contributed by atoms with E-state index in [1.807, 2.05) is 0 Å². The molecule has 0 fully saturated rings. The van der Waals surface area contributed by atoms with E-state index in [-0.39, 0.29) is 0 Å². The number of hydrogen-bond acceptors (Lipinski definition) is 4. The second-order valence-electron chi connectivity index (χ2n) is 6.76. The third-order valence-corrected chi connectivity index (χ3v) is 4.88. The average molecular weight is 367 g/mol. The Kier molecular flexibility index (Phi) is 14.2. The van der Waals surface area contributed by atoms with Crippen molar-refractivity contribution in [1.29, 1.82) is 0 Å². The molecule has 7 heteroatoms. The van der Waals surface area contributed by atoms with Gasteiger partial charge < -0.3 is 14.9 Å². The first kappa shape index (κ1) is 24.0. The predicted molar refractivity (Wildman–Crippen MR) is 97.7 cm³/mol. The molecule has 0 aliphatic heterocycles. The Balaban J connectivity index is 3.55. The van der Waals surface area contributed by atoms with Crippen molar-refractivity contribution in [1.82, 2.24) is 4.90 Å². The van der Waals surface area contributed by atoms with E-state index in [9.17, 15) is 9.67 Å². The summed E-state index contributed by atoms with van der Waals surface area (Å²) in [7, 11) is -2.81. The van der Waals surface area contributed by atoms with Crippen LogP contribution in [0.5, 0.6) is 0 Å². The van der Waals surface area contributed by atoms with Crippen LogP contribution in [0.25, 0.3) is 0 Å². The number of phosphoric acid groups is 1. The lowest BCUT2D eigenvalue weighted by Crippen LogP contribution is -2.37. The Hall–Kier alpha value is 0.0300. The Morgan fingerprint density at radius 2 is 1.42 bits per heavy atom. The van der Waals surface area contributed by atoms with Crippen LogP contribution < -0.4 is 0 Å². The zero-order chi connectivity index (χ0) is 18.4. The van der Waals surface area contributed by atoms with E-state index in [2.05, 4.69) is 11.4 Å². The van der Waals surface area contributed by atoms with E-state index >= 15 is 0 Å². The summed E-state index contributed by atoms with van der Waals surface area (Å²) in [6, 6.07) is 0. The molecular formula is C17H38NO5P. The number of rotatable bonds is 16. The fourth-order valence-electron chi connectivity index (χ4n) is 2.72. The SMILES string of the molecule is CCCCCCCCCCCCC(O)CN(C)C(C)OP(=O)(O)O. The van der Waals surface area contributed by atoms with Gasteiger partial charge in [0.1, 0.15) is 6.23 Å². The zero-order valence-corrected chi connectivity index (χ0v) is 16.6. The first-order chi connectivity index (χ1) is 11.3. The molecule has 0 bridgehead atoms. The van der Waals surface area contributed by atoms with Crippen molar-refractivity contribution in [3.8, 4) is 0 Å². The number of nitrogens with zero attached hydrogens (tertiary/aromatic N) is 1. The molecule has 0 aromatic rings. The summed E-state index contributed by atoms with van der Waals surface area (Å²) in [4.78, 5) is 19.2. The number of hydrogen-bond donors (Lipinski definition) is 3. The van der Waals surface area contributed by atoms with Crippen LogP contribution in [-0.2, 0) is 9.09 Å². The van der Waals surface area contributed by atoms with Gasteiger partial charge in [-0.2, -0.15) is 0 Å². The maximum atomic E-state index is 10.8. The van der Waals surface area contributed by atoms with E-state index in [4.69, 9.17) is 9.79 Å². The second kappa shape index (κ2) is 14.2. The molecule has 0 aliphatic carbocycles. The molecule has 0 spiro atoms. The van der Waals surface area contributed by atoms with Gasteiger partial charge in [-0.1, -0.05) is 71.1 Å². The molecule has 0 saturated heterocycles. The van der Waals surface area contributed by atoms with Gasteiger partial charge in [0.05, 0.1) is 6.10 Å². The summed E-state index contributed by atoms with van der Waals surface area (Å²) in [5, 5.41) is 10.00. The number of likely N-dealkylation sites (N-methyl/N-ethyl adjacent to an activating group) is 1. The summed E-state index contributed by atoms with van der Waals surface area (Å²) in [6.07, 6.45) is 12.1. The minimum Gasteiger partial charge on any atom is -0.392 e. The minimum absolute atomic E-state index is 0.346. The number of unbranched alkanes of at least 4 members (excludes halogenated alkanes) is 9. The molecular weight excluding hydrogens is 329 g/mol. The molecule has 0 amide bonds. The number of aliphatic hydroxyl groups is 1. The first-order valence-corrected chi connectivity index (χ1v) is 10.9. The largest absolute Gasteiger partial charge is 0.471 e. The van der Waals surface area contributed by atoms with Crippen molar-refractivity contribution in [2.75, 3.05) is 13.6 Å². The molecule has 0 radical (unpaired) electrons. The van der Waals surface area contributed by atoms with E-state index in [0.29, 0.717) is 13.0 Å². The minimum atomic E-state index is -4.49. The smallest absolute Gasteiger partial charge is 0.392 e. The average Bonchev–Trinajstić information content (AvgIpc) is 2.47. The monoisotopic (exact) mass is 367 g/mol. The van der Waals surface area contributed by atoms with E-state index in [0.717, 1.165) is 12.8 Å². The van der Waals surface area contributed by atoms with E-state index in [1.165, 1.54) is 51.4 Å². The van der Waals surface area contributed by atoms with Crippen LogP contribution >= 0.6 is 7.82 Å². The van der Waals surface area contributed by atoms with Gasteiger partial charge in [-0.25, -0.2) is 4.57 Å². The molecule has 0 rings (SSSR count). The molecule has 0 aromatic heterocycles. The van der Waals surface area contributed by atoms with Crippen molar-refractivity contribution in [2.45, 2.75) is 96.8 Å². The lowest BCUT2D eigenvalue weighted by molar-refractivity contribution is 0.00334. The van der Waals surface area contributed by atoms with Crippen molar-refractivity contribution < 1.29 is 24.0 Å². The highest BCUT2D eigenvalue weighted by Gasteiger charge is 2.22. The quantitative estimate of drug-likeness (QED) is 0.217. The van der Waals surface area contributed by atoms with Crippen LogP contribution in [0.1, 0.15) is 84.5 Å². The summed E-state index contributed by atoms with van der Waals surface area (Å²) in [5.41, 5.74) is 0. The highest BCUT2D eigenvalue weighted by Crippen LogP contribution is 2.37. The number of aliphatic hydroxyl groups excluding tert-OH is 1. The van der Waals surface area contributed by atoms with Crippen LogP contribution in [0, 0.1) is 0 Å². The summed E-state index contributed by atoms with van der Waals surface area (Å²) < 4.78 is 15.4. The molecule has 0 aromatic carbocycles. The van der Waals surface area contributed by atoms with E-state index < -0.39 is 20.2 Å². The molecule has 6 nitrogen and oxygen atoms in total. The molecule has 0 saturated carbocycles. The third kappa shape index (κ3) is 15.6. The molecule has 146 valence electrons. The van der Waals surface area contributed by atoms with Gasteiger partial charge in [0.25, 0.3) is 0 Å². The molecule has 2 unspecified atom stereocenters. The van der Waals surface area contributed by atoms with Crippen LogP contribution in [0.2, 0.25) is 0 Å². The van der Waals surface area contributed by atoms with Gasteiger partial charge in [0.2, 0.25) is 0 Å². The van der Waals surface area contributed by atoms with Crippen LogP contribution in [0.4, 0.5) is 0 Å². The van der Waals surface area contributed by atoms with Crippen molar-refractivity contribution in [3.05, 3.63) is 0 Å². The Bertz CT molecular complexity index is 337.